The van der Waals surface area contributed by atoms with Crippen LogP contribution < -0.4 is 11.1 Å². The zero-order valence-corrected chi connectivity index (χ0v) is 13.4. The Morgan fingerprint density at radius 3 is 2.86 bits per heavy atom. The quantitative estimate of drug-likeness (QED) is 0.765. The summed E-state index contributed by atoms with van der Waals surface area (Å²) in [6.07, 6.45) is 0.854. The third-order valence-corrected chi connectivity index (χ3v) is 4.48. The Kier molecular flexibility index (Phi) is 4.92. The van der Waals surface area contributed by atoms with Crippen molar-refractivity contribution in [1.29, 1.82) is 0 Å². The van der Waals surface area contributed by atoms with E-state index in [1.54, 1.807) is 14.1 Å². The summed E-state index contributed by atoms with van der Waals surface area (Å²) in [5.74, 6) is -0.547. The van der Waals surface area contributed by atoms with E-state index in [1.165, 1.54) is 16.2 Å². The second-order valence-electron chi connectivity index (χ2n) is 5.37. The first-order chi connectivity index (χ1) is 9.92. The Bertz CT molecular complexity index is 543. The molecule has 0 radical (unpaired) electrons. The fourth-order valence-electron chi connectivity index (χ4n) is 2.17. The molecule has 21 heavy (non-hydrogen) atoms. The van der Waals surface area contributed by atoms with Crippen LogP contribution in [0.15, 0.2) is 0 Å². The van der Waals surface area contributed by atoms with E-state index in [4.69, 9.17) is 5.73 Å². The highest BCUT2D eigenvalue weighted by molar-refractivity contribution is 7.13. The zero-order valence-electron chi connectivity index (χ0n) is 12.5. The molecule has 1 aromatic heterocycles. The lowest BCUT2D eigenvalue weighted by atomic mass is 10.2. The van der Waals surface area contributed by atoms with Crippen molar-refractivity contribution in [3.63, 3.8) is 0 Å². The molecule has 0 unspecified atom stereocenters. The topological polar surface area (TPSA) is 91.6 Å². The van der Waals surface area contributed by atoms with E-state index in [2.05, 4.69) is 15.2 Å². The van der Waals surface area contributed by atoms with Gasteiger partial charge in [-0.2, -0.15) is 0 Å². The molecular formula is C13H21N5O2S. The van der Waals surface area contributed by atoms with Crippen molar-refractivity contribution in [3.05, 3.63) is 15.6 Å². The Labute approximate surface area is 128 Å². The third-order valence-electron chi connectivity index (χ3n) is 3.40. The van der Waals surface area contributed by atoms with Gasteiger partial charge in [-0.1, -0.05) is 0 Å². The molecule has 0 aromatic carbocycles. The van der Waals surface area contributed by atoms with Crippen molar-refractivity contribution in [1.82, 2.24) is 20.1 Å². The Balaban J connectivity index is 2.08. The van der Waals surface area contributed by atoms with Crippen molar-refractivity contribution in [2.24, 2.45) is 5.73 Å². The van der Waals surface area contributed by atoms with Gasteiger partial charge in [0, 0.05) is 45.0 Å². The van der Waals surface area contributed by atoms with Crippen LogP contribution in [0.3, 0.4) is 0 Å². The van der Waals surface area contributed by atoms with Crippen LogP contribution in [0.25, 0.3) is 0 Å². The normalized spacial score (nSPS) is 16.2. The minimum atomic E-state index is -0.712. The molecule has 8 heteroatoms. The van der Waals surface area contributed by atoms with E-state index in [9.17, 15) is 9.59 Å². The van der Waals surface area contributed by atoms with Crippen LogP contribution >= 0.6 is 11.3 Å². The number of aromatic nitrogens is 1. The van der Waals surface area contributed by atoms with E-state index in [0.29, 0.717) is 5.01 Å². The van der Waals surface area contributed by atoms with Crippen LogP contribution in [-0.2, 0) is 17.8 Å². The first-order valence-corrected chi connectivity index (χ1v) is 7.63. The van der Waals surface area contributed by atoms with Gasteiger partial charge in [-0.15, -0.1) is 11.3 Å². The number of likely N-dealkylation sites (N-methyl/N-ethyl adjacent to an activating group) is 2. The number of nitrogens with one attached hydrogen (secondary N) is 1. The Morgan fingerprint density at radius 1 is 1.52 bits per heavy atom. The highest BCUT2D eigenvalue weighted by Crippen LogP contribution is 2.24. The van der Waals surface area contributed by atoms with E-state index in [-0.39, 0.29) is 18.4 Å². The van der Waals surface area contributed by atoms with Gasteiger partial charge in [0.2, 0.25) is 5.91 Å². The molecule has 2 heterocycles. The predicted octanol–water partition coefficient (Wildman–Crippen LogP) is -0.724. The monoisotopic (exact) mass is 311 g/mol. The van der Waals surface area contributed by atoms with Crippen LogP contribution in [0.4, 0.5) is 0 Å². The highest BCUT2D eigenvalue weighted by atomic mass is 32.1. The SMILES string of the molecule is CN1CCc2nc(C(=O)N[C@@H](CN)C(=O)N(C)C)sc2C1. The molecular weight excluding hydrogens is 290 g/mol. The summed E-state index contributed by atoms with van der Waals surface area (Å²) in [5, 5.41) is 3.07. The second kappa shape index (κ2) is 6.50. The lowest BCUT2D eigenvalue weighted by molar-refractivity contribution is -0.130. The predicted molar refractivity (Wildman–Crippen MR) is 81.2 cm³/mol. The van der Waals surface area contributed by atoms with Gasteiger partial charge in [-0.3, -0.25) is 9.59 Å². The number of carbonyl (C=O) groups excluding carboxylic acids is 2. The minimum Gasteiger partial charge on any atom is -0.347 e. The van der Waals surface area contributed by atoms with E-state index >= 15 is 0 Å². The van der Waals surface area contributed by atoms with Gasteiger partial charge in [-0.25, -0.2) is 4.98 Å². The first-order valence-electron chi connectivity index (χ1n) is 6.81. The molecule has 0 saturated carbocycles. The summed E-state index contributed by atoms with van der Waals surface area (Å²) in [4.78, 5) is 33.2. The maximum absolute atomic E-state index is 12.2. The largest absolute Gasteiger partial charge is 0.347 e. The Hall–Kier alpha value is -1.51. The van der Waals surface area contributed by atoms with Gasteiger partial charge in [-0.05, 0) is 7.05 Å². The van der Waals surface area contributed by atoms with Crippen molar-refractivity contribution >= 4 is 23.2 Å². The number of hydrogen-bond acceptors (Lipinski definition) is 6. The molecule has 0 aliphatic carbocycles. The molecule has 0 saturated heterocycles. The summed E-state index contributed by atoms with van der Waals surface area (Å²) in [6, 6.07) is -0.712. The van der Waals surface area contributed by atoms with Crippen LogP contribution in [0.2, 0.25) is 0 Å². The van der Waals surface area contributed by atoms with Crippen molar-refractivity contribution in [2.75, 3.05) is 34.2 Å². The number of nitrogens with zero attached hydrogens (tertiary/aromatic N) is 3. The lowest BCUT2D eigenvalue weighted by Crippen LogP contribution is -2.50. The first kappa shape index (κ1) is 15.9. The van der Waals surface area contributed by atoms with E-state index in [0.717, 1.165) is 30.1 Å². The number of carbonyl (C=O) groups is 2. The molecule has 2 rings (SSSR count). The van der Waals surface area contributed by atoms with Crippen LogP contribution in [0, 0.1) is 0 Å². The number of nitrogens with two attached hydrogens (primary N) is 1. The van der Waals surface area contributed by atoms with Gasteiger partial charge in [0.05, 0.1) is 5.69 Å². The average molecular weight is 311 g/mol. The molecule has 0 spiro atoms. The average Bonchev–Trinajstić information content (AvgIpc) is 2.86. The van der Waals surface area contributed by atoms with E-state index in [1.807, 2.05) is 7.05 Å². The molecule has 3 N–H and O–H groups in total. The molecule has 116 valence electrons. The van der Waals surface area contributed by atoms with Crippen LogP contribution in [0.5, 0.6) is 0 Å². The molecule has 0 bridgehead atoms. The maximum Gasteiger partial charge on any atom is 0.280 e. The molecule has 2 amide bonds. The summed E-state index contributed by atoms with van der Waals surface area (Å²) in [6.45, 7) is 1.83. The van der Waals surface area contributed by atoms with Gasteiger partial charge in [0.1, 0.15) is 6.04 Å². The maximum atomic E-state index is 12.2. The highest BCUT2D eigenvalue weighted by Gasteiger charge is 2.25. The number of rotatable bonds is 4. The van der Waals surface area contributed by atoms with Crippen molar-refractivity contribution < 1.29 is 9.59 Å². The van der Waals surface area contributed by atoms with Crippen LogP contribution in [-0.4, -0.2) is 66.9 Å². The number of fused-ring (bicyclic) bond motifs is 1. The molecule has 1 aromatic rings. The van der Waals surface area contributed by atoms with Crippen LogP contribution in [0.1, 0.15) is 20.4 Å². The number of hydrogen-bond donors (Lipinski definition) is 2. The van der Waals surface area contributed by atoms with Gasteiger partial charge in [0.25, 0.3) is 5.91 Å². The van der Waals surface area contributed by atoms with Crippen molar-refractivity contribution in [2.45, 2.75) is 19.0 Å². The summed E-state index contributed by atoms with van der Waals surface area (Å²) in [7, 11) is 5.31. The molecule has 1 aliphatic heterocycles. The summed E-state index contributed by atoms with van der Waals surface area (Å²) >= 11 is 1.39. The second-order valence-corrected chi connectivity index (χ2v) is 6.45. The number of thiazole rings is 1. The third kappa shape index (κ3) is 3.58. The number of amides is 2. The van der Waals surface area contributed by atoms with E-state index < -0.39 is 6.04 Å². The molecule has 7 nitrogen and oxygen atoms in total. The van der Waals surface area contributed by atoms with Gasteiger partial charge >= 0.3 is 0 Å². The molecule has 1 aliphatic rings. The standard InChI is InChI=1S/C13H21N5O2S/c1-17(2)13(20)9(6-14)15-11(19)12-16-8-4-5-18(3)7-10(8)21-12/h9H,4-7,14H2,1-3H3,(H,15,19)/t9-/m0/s1. The fourth-order valence-corrected chi connectivity index (χ4v) is 3.26. The smallest absolute Gasteiger partial charge is 0.280 e. The molecule has 0 fully saturated rings. The molecule has 1 atom stereocenters. The lowest BCUT2D eigenvalue weighted by Gasteiger charge is -2.20. The fraction of sp³-hybridized carbons (Fsp3) is 0.615. The van der Waals surface area contributed by atoms with Gasteiger partial charge < -0.3 is 20.9 Å². The van der Waals surface area contributed by atoms with Gasteiger partial charge in [0.15, 0.2) is 5.01 Å². The summed E-state index contributed by atoms with van der Waals surface area (Å²) in [5.41, 5.74) is 6.56. The minimum absolute atomic E-state index is 0.0661. The van der Waals surface area contributed by atoms with Crippen molar-refractivity contribution in [3.8, 4) is 0 Å². The zero-order chi connectivity index (χ0) is 15.6. The summed E-state index contributed by atoms with van der Waals surface area (Å²) < 4.78 is 0. The Morgan fingerprint density at radius 2 is 2.24 bits per heavy atom.